The summed E-state index contributed by atoms with van der Waals surface area (Å²) >= 11 is 0. The standard InChI is InChI=1S/C56H59FN8O12/c1-4-56(75)38-22-42-51-36(27-64(42)53(73)37(38)28-77-54(56)74)50-49-35(31(2)39(57)23-40(49)63-51)19-20-55(50,3)29-76-30-61-45(68)25-60-52(72)41(21-33-9-6-5-7-10-33)62-46(69)26-59-44(67)24-58-43(66)12-8-11-32-13-15-34(16-14-32)65-47(70)17-18-48(65)71/h5-7,9-10,13-18,22-23,41,47,70,75H,4,8,11-12,19-21,24-30H2,1-3H3,(H,58,66)(H,59,67)(H,60,72)(H,61,68)(H,62,69)/t41-,47?,55?,56-/m0/s1. The number of hydrogen-bond donors (Lipinski definition) is 7. The minimum Gasteiger partial charge on any atom is -0.458 e. The maximum Gasteiger partial charge on any atom is 0.343 e. The van der Waals surface area contributed by atoms with Gasteiger partial charge in [0, 0.05) is 52.6 Å². The van der Waals surface area contributed by atoms with E-state index in [1.54, 1.807) is 74.5 Å². The largest absolute Gasteiger partial charge is 0.458 e. The highest BCUT2D eigenvalue weighted by Gasteiger charge is 2.47. The van der Waals surface area contributed by atoms with Gasteiger partial charge in [0.05, 0.1) is 55.3 Å². The first-order valence-electron chi connectivity index (χ1n) is 25.5. The van der Waals surface area contributed by atoms with Gasteiger partial charge >= 0.3 is 5.97 Å². The van der Waals surface area contributed by atoms with Crippen LogP contribution in [0.5, 0.6) is 0 Å². The number of esters is 1. The smallest absolute Gasteiger partial charge is 0.343 e. The molecule has 3 aromatic carbocycles. The third kappa shape index (κ3) is 11.0. The third-order valence-electron chi connectivity index (χ3n) is 14.9. The van der Waals surface area contributed by atoms with Gasteiger partial charge in [0.1, 0.15) is 25.2 Å². The molecule has 3 aliphatic heterocycles. The second kappa shape index (κ2) is 22.2. The minimum atomic E-state index is -2.03. The van der Waals surface area contributed by atoms with E-state index in [0.29, 0.717) is 59.4 Å². The maximum atomic E-state index is 15.5. The summed E-state index contributed by atoms with van der Waals surface area (Å²) in [5.74, 6) is -4.54. The molecular formula is C56H59FN8O12. The third-order valence-corrected chi connectivity index (χ3v) is 14.9. The summed E-state index contributed by atoms with van der Waals surface area (Å²) in [6.45, 7) is 3.65. The van der Waals surface area contributed by atoms with Crippen LogP contribution in [0.15, 0.2) is 83.7 Å². The molecule has 0 bridgehead atoms. The Morgan fingerprint density at radius 3 is 2.34 bits per heavy atom. The lowest BCUT2D eigenvalue weighted by atomic mass is 9.69. The van der Waals surface area contributed by atoms with E-state index in [-0.39, 0.29) is 75.2 Å². The van der Waals surface area contributed by atoms with Gasteiger partial charge in [-0.2, -0.15) is 0 Å². The highest BCUT2D eigenvalue weighted by atomic mass is 19.1. The summed E-state index contributed by atoms with van der Waals surface area (Å²) in [5, 5.41) is 35.0. The van der Waals surface area contributed by atoms with Crippen molar-refractivity contribution in [1.29, 1.82) is 0 Å². The van der Waals surface area contributed by atoms with Gasteiger partial charge in [-0.15, -0.1) is 0 Å². The summed E-state index contributed by atoms with van der Waals surface area (Å²) in [6.07, 6.45) is 3.87. The van der Waals surface area contributed by atoms with Crippen LogP contribution in [0.1, 0.15) is 84.0 Å². The van der Waals surface area contributed by atoms with Crippen molar-refractivity contribution >= 4 is 58.0 Å². The molecule has 5 heterocycles. The highest BCUT2D eigenvalue weighted by Crippen LogP contribution is 2.49. The Morgan fingerprint density at radius 2 is 1.61 bits per heavy atom. The number of halogens is 1. The number of carbonyl (C=O) groups excluding carboxylic acids is 7. The fourth-order valence-electron chi connectivity index (χ4n) is 10.6. The first-order valence-corrected chi connectivity index (χ1v) is 25.5. The number of pyridine rings is 2. The van der Waals surface area contributed by atoms with Crippen molar-refractivity contribution in [3.8, 4) is 11.4 Å². The predicted octanol–water partition coefficient (Wildman–Crippen LogP) is 2.14. The monoisotopic (exact) mass is 1050 g/mol. The van der Waals surface area contributed by atoms with E-state index in [9.17, 15) is 48.6 Å². The number of nitrogens with one attached hydrogen (secondary N) is 5. The number of cyclic esters (lactones) is 1. The molecule has 0 saturated heterocycles. The number of aryl methyl sites for hydroxylation is 2. The predicted molar refractivity (Wildman–Crippen MR) is 277 cm³/mol. The second-order valence-corrected chi connectivity index (χ2v) is 20.0. The van der Waals surface area contributed by atoms with Crippen LogP contribution in [0.25, 0.3) is 22.3 Å². The van der Waals surface area contributed by atoms with Crippen LogP contribution in [0.4, 0.5) is 10.1 Å². The Morgan fingerprint density at radius 1 is 0.896 bits per heavy atom. The van der Waals surface area contributed by atoms with Crippen molar-refractivity contribution in [2.75, 3.05) is 37.9 Å². The van der Waals surface area contributed by atoms with Gasteiger partial charge in [-0.25, -0.2) is 14.2 Å². The fraction of sp³-hybridized carbons (Fsp3) is 0.375. The van der Waals surface area contributed by atoms with E-state index in [1.165, 1.54) is 27.7 Å². The Kier molecular flexibility index (Phi) is 15.5. The Bertz CT molecular complexity index is 3310. The van der Waals surface area contributed by atoms with Gasteiger partial charge in [-0.3, -0.25) is 38.5 Å². The van der Waals surface area contributed by atoms with Crippen molar-refractivity contribution in [2.24, 2.45) is 0 Å². The summed E-state index contributed by atoms with van der Waals surface area (Å²) in [6, 6.07) is 17.8. The Hall–Kier alpha value is -8.14. The topological polar surface area (TPSA) is 277 Å². The lowest BCUT2D eigenvalue weighted by molar-refractivity contribution is -0.172. The van der Waals surface area contributed by atoms with E-state index in [0.717, 1.165) is 27.6 Å². The number of rotatable bonds is 20. The number of anilines is 1. The lowest BCUT2D eigenvalue weighted by Crippen LogP contribution is -2.52. The van der Waals surface area contributed by atoms with Gasteiger partial charge in [0.15, 0.2) is 11.8 Å². The van der Waals surface area contributed by atoms with E-state index < -0.39 is 77.3 Å². The number of aromatic nitrogens is 2. The molecule has 7 N–H and O–H groups in total. The molecule has 77 heavy (non-hydrogen) atoms. The Labute approximate surface area is 441 Å². The first-order chi connectivity index (χ1) is 36.9. The van der Waals surface area contributed by atoms with E-state index in [4.69, 9.17) is 14.5 Å². The van der Waals surface area contributed by atoms with Crippen LogP contribution < -0.4 is 37.0 Å². The molecular weight excluding hydrogens is 996 g/mol. The normalized spacial score (nSPS) is 19.2. The van der Waals surface area contributed by atoms with E-state index in [1.807, 2.05) is 6.92 Å². The molecule has 402 valence electrons. The number of aliphatic hydroxyl groups is 2. The zero-order valence-electron chi connectivity index (χ0n) is 42.8. The number of amides is 6. The molecule has 0 saturated carbocycles. The molecule has 2 unspecified atom stereocenters. The number of fused-ring (bicyclic) bond motifs is 5. The molecule has 6 amide bonds. The molecule has 4 aliphatic rings. The summed E-state index contributed by atoms with van der Waals surface area (Å²) in [5.41, 5.74) is 3.33. The number of aliphatic hydroxyl groups excluding tert-OH is 1. The second-order valence-electron chi connectivity index (χ2n) is 20.0. The van der Waals surface area contributed by atoms with Crippen LogP contribution >= 0.6 is 0 Å². The van der Waals surface area contributed by atoms with Crippen LogP contribution in [0.3, 0.4) is 0 Å². The molecule has 21 heteroatoms. The molecule has 0 spiro atoms. The van der Waals surface area contributed by atoms with Crippen LogP contribution in [-0.4, -0.2) is 106 Å². The SMILES string of the molecule is CC[C@@]1(O)C(=O)OCc2c1cc1n(c2=O)Cc2c-1nc1cc(F)c(C)c3c1c2C(C)(COCNC(=O)CNC(=O)[C@H](Cc1ccccc1)NC(=O)CNC(=O)CNC(=O)CCCc1ccc(N2C(=O)C=CC2O)cc1)CC3. The average molecular weight is 1060 g/mol. The van der Waals surface area contributed by atoms with Crippen molar-refractivity contribution in [1.82, 2.24) is 36.1 Å². The van der Waals surface area contributed by atoms with Gasteiger partial charge < -0.3 is 50.8 Å². The molecule has 5 aromatic rings. The van der Waals surface area contributed by atoms with Crippen molar-refractivity contribution < 1.29 is 57.6 Å². The number of benzene rings is 3. The summed E-state index contributed by atoms with van der Waals surface area (Å²) in [7, 11) is 0. The molecule has 0 radical (unpaired) electrons. The number of hydrogen-bond acceptors (Lipinski definition) is 13. The van der Waals surface area contributed by atoms with Crippen molar-refractivity contribution in [3.05, 3.63) is 140 Å². The first kappa shape index (κ1) is 53.7. The van der Waals surface area contributed by atoms with Crippen molar-refractivity contribution in [3.63, 3.8) is 0 Å². The fourth-order valence-corrected chi connectivity index (χ4v) is 10.6. The molecule has 1 aliphatic carbocycles. The van der Waals surface area contributed by atoms with Crippen LogP contribution in [0, 0.1) is 12.7 Å². The highest BCUT2D eigenvalue weighted by molar-refractivity contribution is 6.04. The van der Waals surface area contributed by atoms with Crippen LogP contribution in [-0.2, 0) is 86.5 Å². The van der Waals surface area contributed by atoms with Gasteiger partial charge in [0.2, 0.25) is 29.5 Å². The molecule has 0 fully saturated rings. The van der Waals surface area contributed by atoms with E-state index >= 15 is 4.39 Å². The average Bonchev–Trinajstić information content (AvgIpc) is 4.12. The molecule has 20 nitrogen and oxygen atoms in total. The quantitative estimate of drug-likeness (QED) is 0.0329. The van der Waals surface area contributed by atoms with Crippen molar-refractivity contribution in [2.45, 2.75) is 102 Å². The zero-order chi connectivity index (χ0) is 54.8. The van der Waals surface area contributed by atoms with Crippen LogP contribution in [0.2, 0.25) is 0 Å². The number of nitrogens with zero attached hydrogens (tertiary/aromatic N) is 3. The molecule has 4 atom stereocenters. The lowest BCUT2D eigenvalue weighted by Gasteiger charge is -2.37. The minimum absolute atomic E-state index is 0.0285. The number of carbonyl (C=O) groups is 7. The number of ether oxygens (including phenoxy) is 2. The zero-order valence-corrected chi connectivity index (χ0v) is 42.8. The van der Waals surface area contributed by atoms with Gasteiger partial charge in [-0.05, 0) is 91.1 Å². The van der Waals surface area contributed by atoms with Gasteiger partial charge in [-0.1, -0.05) is 56.3 Å². The van der Waals surface area contributed by atoms with Gasteiger partial charge in [0.25, 0.3) is 11.5 Å². The summed E-state index contributed by atoms with van der Waals surface area (Å²) < 4.78 is 28.4. The van der Waals surface area contributed by atoms with E-state index in [2.05, 4.69) is 26.6 Å². The molecule has 9 rings (SSSR count). The Balaban J connectivity index is 0.765. The maximum absolute atomic E-state index is 15.5. The summed E-state index contributed by atoms with van der Waals surface area (Å²) in [4.78, 5) is 110. The molecule has 2 aromatic heterocycles.